The van der Waals surface area contributed by atoms with Crippen LogP contribution in [0.2, 0.25) is 0 Å². The first-order chi connectivity index (χ1) is 22.1. The molecule has 3 aromatic carbocycles. The smallest absolute Gasteiger partial charge is 0.343 e. The van der Waals surface area contributed by atoms with Gasteiger partial charge in [-0.15, -0.1) is 10.2 Å². The minimum absolute atomic E-state index is 0.314. The van der Waals surface area contributed by atoms with Crippen LogP contribution in [0.4, 0.5) is 5.13 Å². The van der Waals surface area contributed by atoms with E-state index in [-0.39, 0.29) is 0 Å². The third kappa shape index (κ3) is 11.0. The molecule has 238 valence electrons. The van der Waals surface area contributed by atoms with Crippen LogP contribution in [-0.2, 0) is 0 Å². The minimum atomic E-state index is -0.485. The second-order valence-electron chi connectivity index (χ2n) is 10.7. The van der Waals surface area contributed by atoms with Crippen LogP contribution in [0.25, 0.3) is 10.6 Å². The van der Waals surface area contributed by atoms with E-state index in [0.29, 0.717) is 34.6 Å². The predicted molar refractivity (Wildman–Crippen MR) is 181 cm³/mol. The number of benzene rings is 3. The molecule has 1 heterocycles. The van der Waals surface area contributed by atoms with Gasteiger partial charge in [-0.3, -0.25) is 0 Å². The highest BCUT2D eigenvalue weighted by Crippen LogP contribution is 2.31. The van der Waals surface area contributed by atoms with Gasteiger partial charge >= 0.3 is 5.97 Å². The van der Waals surface area contributed by atoms with Gasteiger partial charge in [0, 0.05) is 11.8 Å². The summed E-state index contributed by atoms with van der Waals surface area (Å²) in [5.74, 6) is 1.82. The van der Waals surface area contributed by atoms with Crippen molar-refractivity contribution in [3.8, 4) is 33.6 Å². The number of methoxy groups -OCH3 is 1. The lowest BCUT2D eigenvalue weighted by molar-refractivity contribution is 0.0729. The summed E-state index contributed by atoms with van der Waals surface area (Å²) in [7, 11) is 1.53. The van der Waals surface area contributed by atoms with Crippen LogP contribution in [0.15, 0.2) is 71.7 Å². The second kappa shape index (κ2) is 18.5. The van der Waals surface area contributed by atoms with Gasteiger partial charge in [0.05, 0.1) is 25.9 Å². The summed E-state index contributed by atoms with van der Waals surface area (Å²) in [5, 5.41) is 9.83. The van der Waals surface area contributed by atoms with E-state index in [1.807, 2.05) is 31.2 Å². The maximum absolute atomic E-state index is 12.7. The lowest BCUT2D eigenvalue weighted by Gasteiger charge is -2.10. The Morgan fingerprint density at radius 1 is 0.756 bits per heavy atom. The standard InChI is InChI=1S/C36H43N3O5S/c1-4-6-7-8-9-10-11-12-24-43-31-18-14-28(15-19-31)34-38-39-36(45-34)37-26-27-13-22-32(33(25-27)41-3)44-35(40)29-16-20-30(21-17-29)42-23-5-2/h13-22,25-26H,4-12,23-24H2,1-3H3/b37-26+. The first kappa shape index (κ1) is 33.6. The fraction of sp³-hybridized carbons (Fsp3) is 0.389. The molecule has 0 aliphatic rings. The summed E-state index contributed by atoms with van der Waals surface area (Å²) in [4.78, 5) is 17.2. The summed E-state index contributed by atoms with van der Waals surface area (Å²) in [5.41, 5.74) is 2.14. The Bertz CT molecular complexity index is 1490. The van der Waals surface area contributed by atoms with Gasteiger partial charge < -0.3 is 18.9 Å². The Morgan fingerprint density at radius 3 is 2.11 bits per heavy atom. The van der Waals surface area contributed by atoms with Gasteiger partial charge in [0.1, 0.15) is 16.5 Å². The largest absolute Gasteiger partial charge is 0.494 e. The lowest BCUT2D eigenvalue weighted by atomic mass is 10.1. The van der Waals surface area contributed by atoms with Crippen molar-refractivity contribution >= 4 is 28.7 Å². The number of esters is 1. The van der Waals surface area contributed by atoms with Crippen LogP contribution in [0.3, 0.4) is 0 Å². The van der Waals surface area contributed by atoms with E-state index in [4.69, 9.17) is 18.9 Å². The van der Waals surface area contributed by atoms with E-state index in [9.17, 15) is 4.79 Å². The SMILES string of the molecule is CCCCCCCCCCOc1ccc(-c2nnc(/N=C/c3ccc(OC(=O)c4ccc(OCCC)cc4)c(OC)c3)s2)cc1. The maximum Gasteiger partial charge on any atom is 0.343 e. The number of hydrogen-bond acceptors (Lipinski definition) is 9. The highest BCUT2D eigenvalue weighted by atomic mass is 32.1. The monoisotopic (exact) mass is 629 g/mol. The molecule has 1 aromatic heterocycles. The summed E-state index contributed by atoms with van der Waals surface area (Å²) in [6, 6.07) is 20.0. The van der Waals surface area contributed by atoms with E-state index >= 15 is 0 Å². The van der Waals surface area contributed by atoms with Crippen molar-refractivity contribution in [2.24, 2.45) is 4.99 Å². The molecule has 0 aliphatic heterocycles. The molecule has 0 amide bonds. The van der Waals surface area contributed by atoms with Gasteiger partial charge in [0.15, 0.2) is 11.5 Å². The highest BCUT2D eigenvalue weighted by Gasteiger charge is 2.13. The zero-order valence-corrected chi connectivity index (χ0v) is 27.3. The Morgan fingerprint density at radius 2 is 1.42 bits per heavy atom. The molecule has 0 N–H and O–H groups in total. The normalized spacial score (nSPS) is 11.1. The Hall–Kier alpha value is -4.24. The molecule has 45 heavy (non-hydrogen) atoms. The number of unbranched alkanes of at least 4 members (excludes halogenated alkanes) is 7. The van der Waals surface area contributed by atoms with Crippen molar-refractivity contribution in [1.82, 2.24) is 10.2 Å². The minimum Gasteiger partial charge on any atom is -0.494 e. The van der Waals surface area contributed by atoms with Crippen LogP contribution in [0.1, 0.15) is 87.6 Å². The quantitative estimate of drug-likeness (QED) is 0.0441. The van der Waals surface area contributed by atoms with Crippen LogP contribution in [-0.4, -0.2) is 42.7 Å². The van der Waals surface area contributed by atoms with Gasteiger partial charge in [-0.05, 0) is 85.1 Å². The van der Waals surface area contributed by atoms with Gasteiger partial charge in [-0.1, -0.05) is 70.1 Å². The average molecular weight is 630 g/mol. The molecular formula is C36H43N3O5S. The number of carbonyl (C=O) groups is 1. The van der Waals surface area contributed by atoms with Crippen molar-refractivity contribution in [3.05, 3.63) is 77.9 Å². The van der Waals surface area contributed by atoms with E-state index in [2.05, 4.69) is 22.1 Å². The molecule has 0 aliphatic carbocycles. The van der Waals surface area contributed by atoms with Gasteiger partial charge in [0.25, 0.3) is 0 Å². The van der Waals surface area contributed by atoms with Gasteiger partial charge in [-0.25, -0.2) is 9.79 Å². The molecule has 0 unspecified atom stereocenters. The molecule has 0 saturated heterocycles. The number of aromatic nitrogens is 2. The molecule has 0 saturated carbocycles. The van der Waals surface area contributed by atoms with E-state index in [0.717, 1.165) is 41.3 Å². The molecule has 0 bridgehead atoms. The summed E-state index contributed by atoms with van der Waals surface area (Å²) in [6.07, 6.45) is 12.8. The second-order valence-corrected chi connectivity index (χ2v) is 11.6. The zero-order chi connectivity index (χ0) is 31.7. The number of ether oxygens (including phenoxy) is 4. The number of nitrogens with zero attached hydrogens (tertiary/aromatic N) is 3. The zero-order valence-electron chi connectivity index (χ0n) is 26.5. The van der Waals surface area contributed by atoms with Crippen LogP contribution in [0.5, 0.6) is 23.0 Å². The molecule has 0 radical (unpaired) electrons. The van der Waals surface area contributed by atoms with Crippen molar-refractivity contribution in [3.63, 3.8) is 0 Å². The molecule has 4 aromatic rings. The molecule has 0 spiro atoms. The highest BCUT2D eigenvalue weighted by molar-refractivity contribution is 7.18. The average Bonchev–Trinajstić information content (AvgIpc) is 3.55. The van der Waals surface area contributed by atoms with Gasteiger partial charge in [0.2, 0.25) is 5.13 Å². The van der Waals surface area contributed by atoms with Crippen LogP contribution in [0, 0.1) is 0 Å². The first-order valence-corrected chi connectivity index (χ1v) is 16.6. The molecule has 8 nitrogen and oxygen atoms in total. The molecule has 9 heteroatoms. The number of aliphatic imine (C=N–C) groups is 1. The lowest BCUT2D eigenvalue weighted by Crippen LogP contribution is -2.09. The first-order valence-electron chi connectivity index (χ1n) is 15.8. The van der Waals surface area contributed by atoms with Crippen molar-refractivity contribution < 1.29 is 23.7 Å². The molecular weight excluding hydrogens is 586 g/mol. The Balaban J connectivity index is 1.26. The number of hydrogen-bond donors (Lipinski definition) is 0. The van der Waals surface area contributed by atoms with Crippen LogP contribution < -0.4 is 18.9 Å². The third-order valence-corrected chi connectivity index (χ3v) is 7.94. The topological polar surface area (TPSA) is 92.1 Å². The summed E-state index contributed by atoms with van der Waals surface area (Å²) in [6.45, 7) is 5.65. The molecule has 0 atom stereocenters. The summed E-state index contributed by atoms with van der Waals surface area (Å²) >= 11 is 1.40. The van der Waals surface area contributed by atoms with Gasteiger partial charge in [-0.2, -0.15) is 0 Å². The van der Waals surface area contributed by atoms with Crippen LogP contribution >= 0.6 is 11.3 Å². The predicted octanol–water partition coefficient (Wildman–Crippen LogP) is 9.49. The van der Waals surface area contributed by atoms with E-state index < -0.39 is 5.97 Å². The summed E-state index contributed by atoms with van der Waals surface area (Å²) < 4.78 is 22.6. The molecule has 4 rings (SSSR count). The van der Waals surface area contributed by atoms with E-state index in [1.165, 1.54) is 63.4 Å². The maximum atomic E-state index is 12.7. The number of carbonyl (C=O) groups excluding carboxylic acids is 1. The fourth-order valence-electron chi connectivity index (χ4n) is 4.55. The van der Waals surface area contributed by atoms with Crippen molar-refractivity contribution in [1.29, 1.82) is 0 Å². The number of rotatable bonds is 19. The Kier molecular flexibility index (Phi) is 13.9. The van der Waals surface area contributed by atoms with E-state index in [1.54, 1.807) is 48.7 Å². The van der Waals surface area contributed by atoms with Crippen molar-refractivity contribution in [2.45, 2.75) is 71.6 Å². The molecule has 0 fully saturated rings. The third-order valence-electron chi connectivity index (χ3n) is 7.06. The fourth-order valence-corrected chi connectivity index (χ4v) is 5.24. The Labute approximate surface area is 270 Å². The van der Waals surface area contributed by atoms with Crippen molar-refractivity contribution in [2.75, 3.05) is 20.3 Å².